The van der Waals surface area contributed by atoms with Gasteiger partial charge < -0.3 is 14.5 Å². The largest absolute Gasteiger partial charge is 0.339 e. The van der Waals surface area contributed by atoms with E-state index in [2.05, 4.69) is 5.32 Å². The van der Waals surface area contributed by atoms with Crippen LogP contribution < -0.4 is 10.9 Å². The zero-order chi connectivity index (χ0) is 16.7. The normalized spacial score (nSPS) is 11.0. The van der Waals surface area contributed by atoms with Gasteiger partial charge >= 0.3 is 0 Å². The number of pyridine rings is 1. The van der Waals surface area contributed by atoms with E-state index in [4.69, 9.17) is 11.6 Å². The molecule has 0 radical (unpaired) electrons. The van der Waals surface area contributed by atoms with Crippen molar-refractivity contribution in [2.45, 2.75) is 6.92 Å². The number of amides is 1. The smallest absolute Gasteiger partial charge is 0.272 e. The highest BCUT2D eigenvalue weighted by Gasteiger charge is 2.16. The first-order valence-corrected chi connectivity index (χ1v) is 7.49. The highest BCUT2D eigenvalue weighted by molar-refractivity contribution is 6.31. The van der Waals surface area contributed by atoms with Gasteiger partial charge in [-0.1, -0.05) is 17.7 Å². The molecule has 1 N–H and O–H groups in total. The molecule has 23 heavy (non-hydrogen) atoms. The number of hydrogen-bond acceptors (Lipinski definition) is 2. The Morgan fingerprint density at radius 1 is 1.17 bits per heavy atom. The minimum absolute atomic E-state index is 0.129. The molecule has 0 aliphatic carbocycles. The molecule has 2 heterocycles. The third kappa shape index (κ3) is 2.64. The Morgan fingerprint density at radius 2 is 1.91 bits per heavy atom. The number of aryl methyl sites for hydroxylation is 3. The molecule has 3 rings (SSSR count). The molecule has 1 aromatic carbocycles. The Bertz CT molecular complexity index is 985. The molecule has 0 aliphatic rings. The van der Waals surface area contributed by atoms with Crippen LogP contribution in [0.5, 0.6) is 0 Å². The minimum Gasteiger partial charge on any atom is -0.339 e. The molecule has 3 aromatic rings. The van der Waals surface area contributed by atoms with Gasteiger partial charge in [-0.25, -0.2) is 0 Å². The van der Waals surface area contributed by atoms with Crippen molar-refractivity contribution in [2.24, 2.45) is 14.1 Å². The fourth-order valence-electron chi connectivity index (χ4n) is 2.51. The molecule has 0 bridgehead atoms. The number of carbonyl (C=O) groups excluding carboxylic acids is 1. The summed E-state index contributed by atoms with van der Waals surface area (Å²) in [6.07, 6.45) is 1.69. The van der Waals surface area contributed by atoms with Crippen LogP contribution in [-0.2, 0) is 14.1 Å². The number of fused-ring (bicyclic) bond motifs is 1. The first-order chi connectivity index (χ1) is 10.9. The fourth-order valence-corrected chi connectivity index (χ4v) is 2.70. The lowest BCUT2D eigenvalue weighted by atomic mass is 10.2. The Hall–Kier alpha value is -2.53. The second-order valence-corrected chi connectivity index (χ2v) is 5.94. The number of nitrogens with one attached hydrogen (secondary N) is 1. The number of benzene rings is 1. The molecule has 0 spiro atoms. The number of halogens is 1. The summed E-state index contributed by atoms with van der Waals surface area (Å²) in [5.41, 5.74) is 2.57. The molecule has 0 saturated carbocycles. The third-order valence-electron chi connectivity index (χ3n) is 3.95. The molecular formula is C17H16ClN3O2. The van der Waals surface area contributed by atoms with E-state index in [1.54, 1.807) is 43.1 Å². The predicted octanol–water partition coefficient (Wildman–Crippen LogP) is 3.09. The molecule has 5 nitrogen and oxygen atoms in total. The lowest BCUT2D eigenvalue weighted by molar-refractivity contribution is 0.102. The summed E-state index contributed by atoms with van der Waals surface area (Å²) in [6, 6.07) is 8.77. The van der Waals surface area contributed by atoms with Crippen LogP contribution in [0.2, 0.25) is 5.02 Å². The van der Waals surface area contributed by atoms with Crippen LogP contribution in [0.1, 0.15) is 16.1 Å². The van der Waals surface area contributed by atoms with E-state index in [0.29, 0.717) is 21.8 Å². The van der Waals surface area contributed by atoms with Crippen molar-refractivity contribution in [3.05, 3.63) is 63.2 Å². The van der Waals surface area contributed by atoms with Gasteiger partial charge in [0.15, 0.2) is 0 Å². The van der Waals surface area contributed by atoms with Crippen LogP contribution in [0.3, 0.4) is 0 Å². The summed E-state index contributed by atoms with van der Waals surface area (Å²) in [5.74, 6) is -0.286. The van der Waals surface area contributed by atoms with Gasteiger partial charge in [-0.3, -0.25) is 9.59 Å². The minimum atomic E-state index is -0.286. The number of rotatable bonds is 2. The van der Waals surface area contributed by atoms with E-state index in [1.807, 2.05) is 19.1 Å². The number of hydrogen-bond donors (Lipinski definition) is 1. The summed E-state index contributed by atoms with van der Waals surface area (Å²) >= 11 is 6.08. The molecule has 0 fully saturated rings. The van der Waals surface area contributed by atoms with Crippen LogP contribution in [0, 0.1) is 6.92 Å². The summed E-state index contributed by atoms with van der Waals surface area (Å²) < 4.78 is 3.20. The summed E-state index contributed by atoms with van der Waals surface area (Å²) in [5, 5.41) is 3.92. The first-order valence-electron chi connectivity index (χ1n) is 7.11. The molecule has 0 saturated heterocycles. The standard InChI is InChI=1S/C17H16ClN3O2/c1-10-4-5-11(8-13(10)18)19-16(22)15-9-12-14(21(15)3)6-7-20(2)17(12)23/h4-9H,1-3H3,(H,19,22). The zero-order valence-electron chi connectivity index (χ0n) is 13.1. The quantitative estimate of drug-likeness (QED) is 0.785. The van der Waals surface area contributed by atoms with E-state index in [-0.39, 0.29) is 11.5 Å². The Labute approximate surface area is 138 Å². The van der Waals surface area contributed by atoms with Crippen molar-refractivity contribution >= 4 is 34.1 Å². The summed E-state index contributed by atoms with van der Waals surface area (Å²) in [4.78, 5) is 24.7. The van der Waals surface area contributed by atoms with Crippen LogP contribution >= 0.6 is 11.6 Å². The van der Waals surface area contributed by atoms with Gasteiger partial charge in [0.2, 0.25) is 0 Å². The second-order valence-electron chi connectivity index (χ2n) is 5.54. The monoisotopic (exact) mass is 329 g/mol. The molecule has 0 unspecified atom stereocenters. The molecule has 6 heteroatoms. The maximum absolute atomic E-state index is 12.5. The van der Waals surface area contributed by atoms with Gasteiger partial charge in [0.05, 0.1) is 10.9 Å². The maximum Gasteiger partial charge on any atom is 0.272 e. The molecule has 1 amide bonds. The average Bonchev–Trinajstić information content (AvgIpc) is 2.85. The Kier molecular flexibility index (Phi) is 3.74. The van der Waals surface area contributed by atoms with E-state index >= 15 is 0 Å². The van der Waals surface area contributed by atoms with Crippen molar-refractivity contribution in [3.8, 4) is 0 Å². The van der Waals surface area contributed by atoms with E-state index < -0.39 is 0 Å². The lowest BCUT2D eigenvalue weighted by Crippen LogP contribution is -2.15. The highest BCUT2D eigenvalue weighted by Crippen LogP contribution is 2.21. The summed E-state index contributed by atoms with van der Waals surface area (Å²) in [7, 11) is 3.45. The van der Waals surface area contributed by atoms with Crippen LogP contribution in [0.25, 0.3) is 10.9 Å². The van der Waals surface area contributed by atoms with Gasteiger partial charge in [0, 0.05) is 31.0 Å². The Morgan fingerprint density at radius 3 is 2.61 bits per heavy atom. The first kappa shape index (κ1) is 15.4. The second kappa shape index (κ2) is 5.59. The van der Waals surface area contributed by atoms with Gasteiger partial charge in [-0.15, -0.1) is 0 Å². The number of carbonyl (C=O) groups is 1. The average molecular weight is 330 g/mol. The lowest BCUT2D eigenvalue weighted by Gasteiger charge is -2.08. The zero-order valence-corrected chi connectivity index (χ0v) is 13.8. The van der Waals surface area contributed by atoms with Crippen LogP contribution in [0.15, 0.2) is 41.3 Å². The SMILES string of the molecule is Cc1ccc(NC(=O)c2cc3c(=O)n(C)ccc3n2C)cc1Cl. The molecule has 0 aliphatic heterocycles. The van der Waals surface area contributed by atoms with E-state index in [0.717, 1.165) is 11.1 Å². The predicted molar refractivity (Wildman–Crippen MR) is 92.3 cm³/mol. The molecule has 118 valence electrons. The third-order valence-corrected chi connectivity index (χ3v) is 4.36. The number of anilines is 1. The van der Waals surface area contributed by atoms with Crippen LogP contribution in [-0.4, -0.2) is 15.0 Å². The van der Waals surface area contributed by atoms with Crippen molar-refractivity contribution in [2.75, 3.05) is 5.32 Å². The number of aromatic nitrogens is 2. The van der Waals surface area contributed by atoms with Crippen molar-refractivity contribution in [1.29, 1.82) is 0 Å². The topological polar surface area (TPSA) is 56.0 Å². The summed E-state index contributed by atoms with van der Waals surface area (Å²) in [6.45, 7) is 1.90. The molecule has 2 aromatic heterocycles. The van der Waals surface area contributed by atoms with Gasteiger partial charge in [0.25, 0.3) is 11.5 Å². The fraction of sp³-hybridized carbons (Fsp3) is 0.176. The molecule has 0 atom stereocenters. The Balaban J connectivity index is 2.01. The van der Waals surface area contributed by atoms with E-state index in [1.165, 1.54) is 4.57 Å². The molecular weight excluding hydrogens is 314 g/mol. The van der Waals surface area contributed by atoms with Gasteiger partial charge in [-0.2, -0.15) is 0 Å². The highest BCUT2D eigenvalue weighted by atomic mass is 35.5. The van der Waals surface area contributed by atoms with Crippen molar-refractivity contribution < 1.29 is 4.79 Å². The van der Waals surface area contributed by atoms with E-state index in [9.17, 15) is 9.59 Å². The van der Waals surface area contributed by atoms with Gasteiger partial charge in [-0.05, 0) is 36.8 Å². The maximum atomic E-state index is 12.5. The van der Waals surface area contributed by atoms with Crippen molar-refractivity contribution in [1.82, 2.24) is 9.13 Å². The van der Waals surface area contributed by atoms with Crippen molar-refractivity contribution in [3.63, 3.8) is 0 Å². The van der Waals surface area contributed by atoms with Crippen LogP contribution in [0.4, 0.5) is 5.69 Å². The van der Waals surface area contributed by atoms with Gasteiger partial charge in [0.1, 0.15) is 5.69 Å². The number of nitrogens with zero attached hydrogens (tertiary/aromatic N) is 2.